The number of aliphatic hydroxyl groups is 6. The Balaban J connectivity index is 0.000000226. The minimum Gasteiger partial charge on any atom is -0.394 e. The molecule has 0 spiro atoms. The largest absolute Gasteiger partial charge is 0.394 e. The van der Waals surface area contributed by atoms with Gasteiger partial charge in [0.05, 0.1) is 19.3 Å². The number of carbonyl (C=O) groups excluding carboxylic acids is 1. The van der Waals surface area contributed by atoms with E-state index in [1.54, 1.807) is 12.4 Å². The highest BCUT2D eigenvalue weighted by Gasteiger charge is 2.43. The second kappa shape index (κ2) is 16.4. The van der Waals surface area contributed by atoms with Crippen LogP contribution in [-0.4, -0.2) is 94.7 Å². The van der Waals surface area contributed by atoms with E-state index < -0.39 is 55.7 Å². The number of nitrogen functional groups attached to an aromatic ring is 1. The van der Waals surface area contributed by atoms with E-state index in [9.17, 15) is 24.9 Å². The first-order chi connectivity index (χ1) is 18.7. The van der Waals surface area contributed by atoms with Crippen LogP contribution in [0.2, 0.25) is 0 Å². The third-order valence-corrected chi connectivity index (χ3v) is 5.52. The van der Waals surface area contributed by atoms with Gasteiger partial charge in [-0.25, -0.2) is 4.79 Å². The van der Waals surface area contributed by atoms with Crippen molar-refractivity contribution in [1.82, 2.24) is 14.5 Å². The Morgan fingerprint density at radius 2 is 1.62 bits per heavy atom. The Morgan fingerprint density at radius 3 is 2.10 bits per heavy atom. The maximum absolute atomic E-state index is 11.5. The van der Waals surface area contributed by atoms with Gasteiger partial charge in [-0.05, 0) is 23.8 Å². The van der Waals surface area contributed by atoms with E-state index in [0.29, 0.717) is 0 Å². The summed E-state index contributed by atoms with van der Waals surface area (Å²) in [5, 5.41) is 55.2. The molecule has 1 aromatic carbocycles. The van der Waals surface area contributed by atoms with Crippen LogP contribution >= 0.6 is 0 Å². The van der Waals surface area contributed by atoms with Gasteiger partial charge in [0.1, 0.15) is 36.0 Å². The fourth-order valence-corrected chi connectivity index (χ4v) is 3.43. The highest BCUT2D eigenvalue weighted by Crippen LogP contribution is 2.27. The Morgan fingerprint density at radius 1 is 0.974 bits per heavy atom. The van der Waals surface area contributed by atoms with Gasteiger partial charge in [-0.2, -0.15) is 4.98 Å². The number of ether oxygens (including phenoxy) is 1. The van der Waals surface area contributed by atoms with E-state index in [2.05, 4.69) is 9.97 Å². The molecule has 8 N–H and O–H groups in total. The van der Waals surface area contributed by atoms with Crippen molar-refractivity contribution in [3.8, 4) is 0 Å². The number of aliphatic hydroxyl groups excluding tert-OH is 6. The van der Waals surface area contributed by atoms with Gasteiger partial charge in [0.2, 0.25) is 0 Å². The zero-order chi connectivity index (χ0) is 28.8. The van der Waals surface area contributed by atoms with Crippen LogP contribution in [0.5, 0.6) is 0 Å². The predicted octanol–water partition coefficient (Wildman–Crippen LogP) is -1.58. The molecule has 1 saturated heterocycles. The molecule has 2 aromatic heterocycles. The average Bonchev–Trinajstić information content (AvgIpc) is 3.23. The number of nitrogens with zero attached hydrogens (tertiary/aromatic N) is 3. The maximum Gasteiger partial charge on any atom is 0.351 e. The normalized spacial score (nSPS) is 21.5. The zero-order valence-corrected chi connectivity index (χ0v) is 21.0. The van der Waals surface area contributed by atoms with Crippen LogP contribution < -0.4 is 11.4 Å². The first-order valence-electron chi connectivity index (χ1n) is 12.0. The second-order valence-electron chi connectivity index (χ2n) is 8.52. The van der Waals surface area contributed by atoms with E-state index in [0.717, 1.165) is 10.1 Å². The lowest BCUT2D eigenvalue weighted by atomic mass is 10.0. The fourth-order valence-electron chi connectivity index (χ4n) is 3.43. The summed E-state index contributed by atoms with van der Waals surface area (Å²) in [6, 6.07) is 16.3. The van der Waals surface area contributed by atoms with Crippen LogP contribution in [-0.2, 0) is 16.0 Å². The van der Waals surface area contributed by atoms with Crippen molar-refractivity contribution in [2.45, 2.75) is 49.6 Å². The molecular weight excluding hydrogens is 512 g/mol. The third kappa shape index (κ3) is 10.3. The molecule has 39 heavy (non-hydrogen) atoms. The Labute approximate surface area is 224 Å². The highest BCUT2D eigenvalue weighted by molar-refractivity contribution is 5.81. The van der Waals surface area contributed by atoms with Crippen molar-refractivity contribution in [2.24, 2.45) is 0 Å². The summed E-state index contributed by atoms with van der Waals surface area (Å²) in [7, 11) is 0. The molecule has 2 unspecified atom stereocenters. The molecule has 212 valence electrons. The summed E-state index contributed by atoms with van der Waals surface area (Å²) in [4.78, 5) is 30.3. The van der Waals surface area contributed by atoms with Crippen LogP contribution in [0, 0.1) is 0 Å². The summed E-state index contributed by atoms with van der Waals surface area (Å²) in [6.45, 7) is -0.994. The topological polar surface area (TPSA) is 221 Å². The van der Waals surface area contributed by atoms with Gasteiger partial charge >= 0.3 is 5.69 Å². The van der Waals surface area contributed by atoms with E-state index in [1.807, 2.05) is 48.5 Å². The Hall–Kier alpha value is -3.56. The van der Waals surface area contributed by atoms with Gasteiger partial charge < -0.3 is 41.1 Å². The zero-order valence-electron chi connectivity index (χ0n) is 21.0. The van der Waals surface area contributed by atoms with Crippen LogP contribution in [0.15, 0.2) is 78.0 Å². The van der Waals surface area contributed by atoms with Crippen LogP contribution in [0.25, 0.3) is 0 Å². The van der Waals surface area contributed by atoms with Crippen LogP contribution in [0.1, 0.15) is 18.2 Å². The number of rotatable bonds is 8. The number of hydrogen-bond donors (Lipinski definition) is 7. The molecule has 0 amide bonds. The van der Waals surface area contributed by atoms with Gasteiger partial charge in [-0.15, -0.1) is 0 Å². The lowest BCUT2D eigenvalue weighted by molar-refractivity contribution is -0.122. The lowest BCUT2D eigenvalue weighted by Crippen LogP contribution is -2.36. The minimum absolute atomic E-state index is 0.0537. The number of aromatic nitrogens is 3. The summed E-state index contributed by atoms with van der Waals surface area (Å²) in [5.74, 6) is -0.107. The quantitative estimate of drug-likeness (QED) is 0.170. The van der Waals surface area contributed by atoms with Crippen molar-refractivity contribution < 1.29 is 40.2 Å². The molecule has 3 aromatic rings. The van der Waals surface area contributed by atoms with Crippen LogP contribution in [0.4, 0.5) is 5.82 Å². The standard InChI is InChI=1S/C12H16O4.C9H13N3O5.C5H5N/c13-8-12(16)11(15)7-10(14)6-9-4-2-1-3-5-9;10-5-1-2-12(9(16)11-5)8-7(15)6(14)4(3-13)17-8;1-2-4-6-5-3-1/h1-5,11-13,15-16H,6-8H2;1-2,4,6-8,13-15H,3H2,(H2,10,11,16);1-5H/t;4-,6-,7-,8-;/m.1./s1. The number of pyridine rings is 1. The van der Waals surface area contributed by atoms with E-state index >= 15 is 0 Å². The first-order valence-corrected chi connectivity index (χ1v) is 12.0. The lowest BCUT2D eigenvalue weighted by Gasteiger charge is -2.16. The number of ketones is 1. The van der Waals surface area contributed by atoms with Crippen molar-refractivity contribution in [1.29, 1.82) is 0 Å². The molecular formula is C26H34N4O9. The Bertz CT molecular complexity index is 1140. The average molecular weight is 547 g/mol. The summed E-state index contributed by atoms with van der Waals surface area (Å²) in [6.07, 6.45) is -2.12. The molecule has 1 fully saturated rings. The number of hydrogen-bond acceptors (Lipinski definition) is 12. The van der Waals surface area contributed by atoms with Gasteiger partial charge in [0.25, 0.3) is 0 Å². The van der Waals surface area contributed by atoms with Gasteiger partial charge in [0, 0.05) is 31.4 Å². The van der Waals surface area contributed by atoms with E-state index in [-0.39, 0.29) is 24.4 Å². The van der Waals surface area contributed by atoms with Crippen molar-refractivity contribution >= 4 is 11.6 Å². The predicted molar refractivity (Wildman–Crippen MR) is 139 cm³/mol. The van der Waals surface area contributed by atoms with Gasteiger partial charge in [-0.1, -0.05) is 36.4 Å². The molecule has 0 aliphatic carbocycles. The van der Waals surface area contributed by atoms with Crippen molar-refractivity contribution in [3.63, 3.8) is 0 Å². The molecule has 0 saturated carbocycles. The van der Waals surface area contributed by atoms with Crippen LogP contribution in [0.3, 0.4) is 0 Å². The molecule has 13 heteroatoms. The number of Topliss-reactive ketones (excluding diaryl/α,β-unsaturated/α-hetero) is 1. The Kier molecular flexibility index (Phi) is 13.3. The van der Waals surface area contributed by atoms with E-state index in [1.165, 1.54) is 12.3 Å². The second-order valence-corrected chi connectivity index (χ2v) is 8.52. The van der Waals surface area contributed by atoms with Crippen molar-refractivity contribution in [2.75, 3.05) is 18.9 Å². The number of anilines is 1. The molecule has 3 heterocycles. The molecule has 1 aliphatic heterocycles. The third-order valence-electron chi connectivity index (χ3n) is 5.52. The number of benzene rings is 1. The van der Waals surface area contributed by atoms with E-state index in [4.69, 9.17) is 25.8 Å². The molecule has 1 aliphatic rings. The molecule has 4 rings (SSSR count). The highest BCUT2D eigenvalue weighted by atomic mass is 16.6. The fraction of sp³-hybridized carbons (Fsp3) is 0.385. The maximum atomic E-state index is 11.5. The molecule has 13 nitrogen and oxygen atoms in total. The number of carbonyl (C=O) groups is 1. The monoisotopic (exact) mass is 546 g/mol. The van der Waals surface area contributed by atoms with Gasteiger partial charge in [0.15, 0.2) is 6.23 Å². The first kappa shape index (κ1) is 31.7. The van der Waals surface area contributed by atoms with Gasteiger partial charge in [-0.3, -0.25) is 14.3 Å². The molecule has 0 bridgehead atoms. The molecule has 6 atom stereocenters. The minimum atomic E-state index is -1.31. The SMILES string of the molecule is Nc1ccn([C@@H]2O[C@H](CO)[C@@H](O)[C@H]2O)c(=O)n1.O=C(Cc1ccccc1)CC(O)C(O)CO.c1ccncc1. The summed E-state index contributed by atoms with van der Waals surface area (Å²) < 4.78 is 6.19. The smallest absolute Gasteiger partial charge is 0.351 e. The summed E-state index contributed by atoms with van der Waals surface area (Å²) >= 11 is 0. The molecule has 0 radical (unpaired) electrons. The van der Waals surface area contributed by atoms with Crippen molar-refractivity contribution in [3.05, 3.63) is 89.2 Å². The number of nitrogens with two attached hydrogens (primary N) is 1. The summed E-state index contributed by atoms with van der Waals surface area (Å²) in [5.41, 5.74) is 5.50.